The van der Waals surface area contributed by atoms with Crippen LogP contribution in [0.1, 0.15) is 15.9 Å². The Morgan fingerprint density at radius 1 is 1.21 bits per heavy atom. The fraction of sp³-hybridized carbons (Fsp3) is 0.308. The molecule has 1 N–H and O–H groups in total. The summed E-state index contributed by atoms with van der Waals surface area (Å²) in [7, 11) is 1.39. The SMILES string of the molecule is Cc1cccc(O)c1C(=O)N1CC(=O)N(C)C(=O)C1. The van der Waals surface area contributed by atoms with Gasteiger partial charge >= 0.3 is 0 Å². The Balaban J connectivity index is 2.30. The van der Waals surface area contributed by atoms with Crippen molar-refractivity contribution >= 4 is 17.7 Å². The van der Waals surface area contributed by atoms with E-state index in [-0.39, 0.29) is 24.4 Å². The maximum atomic E-state index is 12.3. The van der Waals surface area contributed by atoms with Gasteiger partial charge in [0.05, 0.1) is 5.56 Å². The predicted molar refractivity (Wildman–Crippen MR) is 66.5 cm³/mol. The number of hydrogen-bond acceptors (Lipinski definition) is 4. The number of benzene rings is 1. The molecule has 6 nitrogen and oxygen atoms in total. The summed E-state index contributed by atoms with van der Waals surface area (Å²) in [5, 5.41) is 9.75. The molecule has 1 heterocycles. The van der Waals surface area contributed by atoms with Gasteiger partial charge in [0.2, 0.25) is 11.8 Å². The molecule has 0 aliphatic carbocycles. The molecule has 6 heteroatoms. The summed E-state index contributed by atoms with van der Waals surface area (Å²) in [6.07, 6.45) is 0. The summed E-state index contributed by atoms with van der Waals surface area (Å²) >= 11 is 0. The number of imide groups is 1. The summed E-state index contributed by atoms with van der Waals surface area (Å²) in [6, 6.07) is 4.72. The quantitative estimate of drug-likeness (QED) is 0.730. The fourth-order valence-corrected chi connectivity index (χ4v) is 1.97. The first-order chi connectivity index (χ1) is 8.91. The lowest BCUT2D eigenvalue weighted by molar-refractivity contribution is -0.148. The molecular formula is C13H14N2O4. The van der Waals surface area contributed by atoms with Crippen molar-refractivity contribution in [2.24, 2.45) is 0 Å². The summed E-state index contributed by atoms with van der Waals surface area (Å²) in [5.74, 6) is -1.52. The number of carbonyl (C=O) groups excluding carboxylic acids is 3. The highest BCUT2D eigenvalue weighted by Crippen LogP contribution is 2.22. The standard InChI is InChI=1S/C13H14N2O4/c1-8-4-3-5-9(16)12(8)13(19)15-6-10(17)14(2)11(18)7-15/h3-5,16H,6-7H2,1-2H3. The molecule has 1 saturated heterocycles. The van der Waals surface area contributed by atoms with Crippen molar-refractivity contribution in [3.05, 3.63) is 29.3 Å². The van der Waals surface area contributed by atoms with Gasteiger partial charge in [0.1, 0.15) is 18.8 Å². The zero-order valence-corrected chi connectivity index (χ0v) is 10.7. The van der Waals surface area contributed by atoms with Crippen LogP contribution in [-0.4, -0.2) is 52.8 Å². The van der Waals surface area contributed by atoms with Crippen LogP contribution in [0.4, 0.5) is 0 Å². The Hall–Kier alpha value is -2.37. The van der Waals surface area contributed by atoms with E-state index in [0.717, 1.165) is 9.80 Å². The second-order valence-electron chi connectivity index (χ2n) is 4.48. The molecule has 1 aliphatic heterocycles. The molecule has 1 aliphatic rings. The van der Waals surface area contributed by atoms with Gasteiger partial charge in [-0.05, 0) is 18.6 Å². The topological polar surface area (TPSA) is 77.9 Å². The number of amides is 3. The van der Waals surface area contributed by atoms with Gasteiger partial charge in [0.25, 0.3) is 5.91 Å². The van der Waals surface area contributed by atoms with Crippen molar-refractivity contribution in [2.45, 2.75) is 6.92 Å². The minimum Gasteiger partial charge on any atom is -0.507 e. The molecule has 2 rings (SSSR count). The second-order valence-corrected chi connectivity index (χ2v) is 4.48. The molecule has 1 fully saturated rings. The molecule has 0 unspecified atom stereocenters. The number of nitrogens with zero attached hydrogens (tertiary/aromatic N) is 2. The molecule has 0 spiro atoms. The Morgan fingerprint density at radius 3 is 2.32 bits per heavy atom. The van der Waals surface area contributed by atoms with Gasteiger partial charge in [-0.1, -0.05) is 12.1 Å². The molecule has 0 bridgehead atoms. The van der Waals surface area contributed by atoms with Crippen LogP contribution in [0.5, 0.6) is 5.75 Å². The number of hydrogen-bond donors (Lipinski definition) is 1. The van der Waals surface area contributed by atoms with Gasteiger partial charge in [0.15, 0.2) is 0 Å². The van der Waals surface area contributed by atoms with E-state index in [2.05, 4.69) is 0 Å². The number of phenolic OH excluding ortho intramolecular Hbond substituents is 1. The number of rotatable bonds is 1. The van der Waals surface area contributed by atoms with Crippen LogP contribution in [0.25, 0.3) is 0 Å². The summed E-state index contributed by atoms with van der Waals surface area (Å²) in [6.45, 7) is 1.37. The smallest absolute Gasteiger partial charge is 0.258 e. The summed E-state index contributed by atoms with van der Waals surface area (Å²) < 4.78 is 0. The number of likely N-dealkylation sites (N-methyl/N-ethyl adjacent to an activating group) is 1. The fourth-order valence-electron chi connectivity index (χ4n) is 1.97. The lowest BCUT2D eigenvalue weighted by atomic mass is 10.1. The number of aryl methyl sites for hydroxylation is 1. The first kappa shape index (κ1) is 13.1. The number of piperazine rings is 1. The number of phenols is 1. The number of aromatic hydroxyl groups is 1. The third kappa shape index (κ3) is 2.29. The maximum absolute atomic E-state index is 12.3. The molecule has 1 aromatic rings. The monoisotopic (exact) mass is 262 g/mol. The Bertz CT molecular complexity index is 530. The molecule has 0 radical (unpaired) electrons. The Kier molecular flexibility index (Phi) is 3.25. The first-order valence-corrected chi connectivity index (χ1v) is 5.79. The molecular weight excluding hydrogens is 248 g/mol. The lowest BCUT2D eigenvalue weighted by Gasteiger charge is -2.30. The number of carbonyl (C=O) groups is 3. The van der Waals surface area contributed by atoms with E-state index in [1.807, 2.05) is 0 Å². The second kappa shape index (κ2) is 4.72. The molecule has 0 saturated carbocycles. The average Bonchev–Trinajstić information content (AvgIpc) is 2.35. The van der Waals surface area contributed by atoms with E-state index in [4.69, 9.17) is 0 Å². The van der Waals surface area contributed by atoms with Crippen LogP contribution in [0.15, 0.2) is 18.2 Å². The van der Waals surface area contributed by atoms with Crippen LogP contribution in [0.2, 0.25) is 0 Å². The zero-order valence-electron chi connectivity index (χ0n) is 10.7. The minimum atomic E-state index is -0.509. The lowest BCUT2D eigenvalue weighted by Crippen LogP contribution is -2.54. The Labute approximate surface area is 110 Å². The molecule has 1 aromatic carbocycles. The highest BCUT2D eigenvalue weighted by molar-refractivity contribution is 6.06. The molecule has 100 valence electrons. The highest BCUT2D eigenvalue weighted by Gasteiger charge is 2.32. The molecule has 0 atom stereocenters. The average molecular weight is 262 g/mol. The van der Waals surface area contributed by atoms with E-state index in [1.54, 1.807) is 19.1 Å². The van der Waals surface area contributed by atoms with Gasteiger partial charge < -0.3 is 10.0 Å². The van der Waals surface area contributed by atoms with Crippen molar-refractivity contribution in [2.75, 3.05) is 20.1 Å². The van der Waals surface area contributed by atoms with Crippen LogP contribution in [0, 0.1) is 6.92 Å². The minimum absolute atomic E-state index is 0.132. The highest BCUT2D eigenvalue weighted by atomic mass is 16.3. The first-order valence-electron chi connectivity index (χ1n) is 5.79. The molecule has 19 heavy (non-hydrogen) atoms. The summed E-state index contributed by atoms with van der Waals surface area (Å²) in [4.78, 5) is 37.6. The van der Waals surface area contributed by atoms with Gasteiger partial charge in [-0.3, -0.25) is 19.3 Å². The maximum Gasteiger partial charge on any atom is 0.258 e. The third-order valence-electron chi connectivity index (χ3n) is 3.15. The van der Waals surface area contributed by atoms with E-state index in [9.17, 15) is 19.5 Å². The third-order valence-corrected chi connectivity index (χ3v) is 3.15. The molecule has 0 aromatic heterocycles. The van der Waals surface area contributed by atoms with Crippen molar-refractivity contribution in [1.29, 1.82) is 0 Å². The molecule has 3 amide bonds. The van der Waals surface area contributed by atoms with Crippen molar-refractivity contribution < 1.29 is 19.5 Å². The zero-order chi connectivity index (χ0) is 14.2. The van der Waals surface area contributed by atoms with Gasteiger partial charge in [-0.2, -0.15) is 0 Å². The van der Waals surface area contributed by atoms with E-state index in [1.165, 1.54) is 13.1 Å². The predicted octanol–water partition coefficient (Wildman–Crippen LogP) is 0.141. The summed E-state index contributed by atoms with van der Waals surface area (Å²) in [5.41, 5.74) is 0.733. The van der Waals surface area contributed by atoms with Crippen molar-refractivity contribution in [3.63, 3.8) is 0 Å². The van der Waals surface area contributed by atoms with Crippen molar-refractivity contribution in [1.82, 2.24) is 9.80 Å². The van der Waals surface area contributed by atoms with Gasteiger partial charge in [-0.15, -0.1) is 0 Å². The van der Waals surface area contributed by atoms with E-state index >= 15 is 0 Å². The van der Waals surface area contributed by atoms with E-state index < -0.39 is 17.7 Å². The van der Waals surface area contributed by atoms with Crippen LogP contribution in [0.3, 0.4) is 0 Å². The Morgan fingerprint density at radius 2 is 1.79 bits per heavy atom. The van der Waals surface area contributed by atoms with Crippen molar-refractivity contribution in [3.8, 4) is 5.75 Å². The van der Waals surface area contributed by atoms with Crippen LogP contribution >= 0.6 is 0 Å². The normalized spacial score (nSPS) is 15.9. The van der Waals surface area contributed by atoms with Crippen LogP contribution < -0.4 is 0 Å². The van der Waals surface area contributed by atoms with Crippen LogP contribution in [-0.2, 0) is 9.59 Å². The van der Waals surface area contributed by atoms with E-state index in [0.29, 0.717) is 5.56 Å². The van der Waals surface area contributed by atoms with Gasteiger partial charge in [-0.25, -0.2) is 0 Å². The van der Waals surface area contributed by atoms with Gasteiger partial charge in [0, 0.05) is 7.05 Å². The largest absolute Gasteiger partial charge is 0.507 e.